The summed E-state index contributed by atoms with van der Waals surface area (Å²) < 4.78 is 5.10. The van der Waals surface area contributed by atoms with Crippen LogP contribution in [0.5, 0.6) is 0 Å². The Balaban J connectivity index is 1.71. The zero-order valence-electron chi connectivity index (χ0n) is 15.7. The summed E-state index contributed by atoms with van der Waals surface area (Å²) in [6.07, 6.45) is 1.65. The van der Waals surface area contributed by atoms with Crippen LogP contribution in [-0.2, 0) is 19.1 Å². The fourth-order valence-corrected chi connectivity index (χ4v) is 4.18. The Hall–Kier alpha value is -2.21. The number of carbonyl (C=O) groups excluding carboxylic acids is 3. The maximum atomic E-state index is 13.0. The number of piperidine rings is 1. The van der Waals surface area contributed by atoms with Gasteiger partial charge in [-0.1, -0.05) is 18.2 Å². The summed E-state index contributed by atoms with van der Waals surface area (Å²) in [6.45, 7) is 7.48. The standard InChI is InChI=1S/C20H26N2O4/c1-4-26-20(25)15-8-10-21(11-9-15)16-12-17(23)22(19(16)24)18-13(2)6-5-7-14(18)3/h5-7,15-16H,4,8-12H2,1-3H3/p+1/t16-/m1/s1. The summed E-state index contributed by atoms with van der Waals surface area (Å²) in [5.41, 5.74) is 2.59. The molecule has 2 aliphatic heterocycles. The van der Waals surface area contributed by atoms with Crippen molar-refractivity contribution >= 4 is 23.5 Å². The average molecular weight is 359 g/mol. The smallest absolute Gasteiger partial charge is 0.309 e. The number of carbonyl (C=O) groups is 3. The van der Waals surface area contributed by atoms with Gasteiger partial charge < -0.3 is 9.64 Å². The number of hydrogen-bond acceptors (Lipinski definition) is 4. The number of likely N-dealkylation sites (tertiary alicyclic amines) is 1. The number of nitrogens with one attached hydrogen (secondary N) is 1. The summed E-state index contributed by atoms with van der Waals surface area (Å²) in [4.78, 5) is 40.0. The second-order valence-electron chi connectivity index (χ2n) is 7.25. The number of para-hydroxylation sites is 1. The molecule has 2 aliphatic rings. The van der Waals surface area contributed by atoms with Crippen molar-refractivity contribution < 1.29 is 24.0 Å². The zero-order chi connectivity index (χ0) is 18.8. The summed E-state index contributed by atoms with van der Waals surface area (Å²) in [6, 6.07) is 5.44. The number of aryl methyl sites for hydroxylation is 2. The number of imide groups is 1. The number of ether oxygens (including phenoxy) is 1. The lowest BCUT2D eigenvalue weighted by Crippen LogP contribution is -3.17. The molecule has 6 heteroatoms. The van der Waals surface area contributed by atoms with Gasteiger partial charge in [0.15, 0.2) is 6.04 Å². The van der Waals surface area contributed by atoms with Crippen molar-refractivity contribution in [2.45, 2.75) is 46.1 Å². The monoisotopic (exact) mass is 359 g/mol. The lowest BCUT2D eigenvalue weighted by molar-refractivity contribution is -0.920. The van der Waals surface area contributed by atoms with Crippen LogP contribution >= 0.6 is 0 Å². The Morgan fingerprint density at radius 1 is 1.19 bits per heavy atom. The minimum atomic E-state index is -0.343. The predicted molar refractivity (Wildman–Crippen MR) is 96.9 cm³/mol. The van der Waals surface area contributed by atoms with E-state index in [0.29, 0.717) is 32.5 Å². The van der Waals surface area contributed by atoms with Crippen molar-refractivity contribution in [2.24, 2.45) is 5.92 Å². The third-order valence-electron chi connectivity index (χ3n) is 5.55. The molecular weight excluding hydrogens is 332 g/mol. The summed E-state index contributed by atoms with van der Waals surface area (Å²) in [7, 11) is 0. The molecule has 0 saturated carbocycles. The second kappa shape index (κ2) is 7.58. The molecule has 140 valence electrons. The number of anilines is 1. The van der Waals surface area contributed by atoms with Gasteiger partial charge in [0.1, 0.15) is 0 Å². The second-order valence-corrected chi connectivity index (χ2v) is 7.25. The van der Waals surface area contributed by atoms with Gasteiger partial charge in [0.05, 0.1) is 37.7 Å². The fraction of sp³-hybridized carbons (Fsp3) is 0.550. The Morgan fingerprint density at radius 3 is 2.38 bits per heavy atom. The van der Waals surface area contributed by atoms with Gasteiger partial charge in [-0.25, -0.2) is 4.90 Å². The van der Waals surface area contributed by atoms with Crippen molar-refractivity contribution in [3.8, 4) is 0 Å². The van der Waals surface area contributed by atoms with E-state index in [4.69, 9.17) is 4.74 Å². The van der Waals surface area contributed by atoms with Crippen LogP contribution in [0.15, 0.2) is 18.2 Å². The molecule has 1 N–H and O–H groups in total. The van der Waals surface area contributed by atoms with Gasteiger partial charge in [-0.2, -0.15) is 0 Å². The van der Waals surface area contributed by atoms with Crippen LogP contribution in [0.2, 0.25) is 0 Å². The molecule has 26 heavy (non-hydrogen) atoms. The van der Waals surface area contributed by atoms with E-state index in [1.54, 1.807) is 0 Å². The van der Waals surface area contributed by atoms with E-state index >= 15 is 0 Å². The van der Waals surface area contributed by atoms with Crippen LogP contribution in [0.4, 0.5) is 5.69 Å². The molecule has 1 atom stereocenters. The number of nitrogens with zero attached hydrogens (tertiary/aromatic N) is 1. The van der Waals surface area contributed by atoms with Gasteiger partial charge in [0.25, 0.3) is 5.91 Å². The van der Waals surface area contributed by atoms with Crippen LogP contribution in [-0.4, -0.2) is 43.5 Å². The first kappa shape index (κ1) is 18.6. The van der Waals surface area contributed by atoms with Gasteiger partial charge >= 0.3 is 5.97 Å². The fourth-order valence-electron chi connectivity index (χ4n) is 4.18. The van der Waals surface area contributed by atoms with Crippen LogP contribution in [0.25, 0.3) is 0 Å². The number of rotatable bonds is 4. The first-order valence-electron chi connectivity index (χ1n) is 9.38. The molecule has 2 amide bonds. The van der Waals surface area contributed by atoms with E-state index < -0.39 is 0 Å². The van der Waals surface area contributed by atoms with Gasteiger partial charge in [-0.15, -0.1) is 0 Å². The molecule has 1 aromatic rings. The van der Waals surface area contributed by atoms with E-state index in [2.05, 4.69) is 0 Å². The number of hydrogen-bond donors (Lipinski definition) is 1. The Labute approximate surface area is 154 Å². The van der Waals surface area contributed by atoms with E-state index in [1.165, 1.54) is 4.90 Å². The Kier molecular flexibility index (Phi) is 5.41. The van der Waals surface area contributed by atoms with E-state index in [9.17, 15) is 14.4 Å². The highest BCUT2D eigenvalue weighted by atomic mass is 16.5. The molecule has 2 fully saturated rings. The topological polar surface area (TPSA) is 68.1 Å². The van der Waals surface area contributed by atoms with Crippen molar-refractivity contribution in [1.29, 1.82) is 0 Å². The van der Waals surface area contributed by atoms with E-state index in [0.717, 1.165) is 21.7 Å². The van der Waals surface area contributed by atoms with E-state index in [-0.39, 0.29) is 36.2 Å². The maximum Gasteiger partial charge on any atom is 0.309 e. The molecular formula is C20H27N2O4+. The molecule has 0 radical (unpaired) electrons. The van der Waals surface area contributed by atoms with Gasteiger partial charge in [-0.3, -0.25) is 14.4 Å². The highest BCUT2D eigenvalue weighted by Crippen LogP contribution is 2.29. The van der Waals surface area contributed by atoms with Crippen molar-refractivity contribution in [1.82, 2.24) is 0 Å². The van der Waals surface area contributed by atoms with Gasteiger partial charge in [-0.05, 0) is 31.9 Å². The molecule has 6 nitrogen and oxygen atoms in total. The first-order valence-corrected chi connectivity index (χ1v) is 9.38. The number of esters is 1. The largest absolute Gasteiger partial charge is 0.466 e. The molecule has 0 aliphatic carbocycles. The Morgan fingerprint density at radius 2 is 1.81 bits per heavy atom. The molecule has 0 spiro atoms. The lowest BCUT2D eigenvalue weighted by Gasteiger charge is -2.31. The Bertz CT molecular complexity index is 702. The minimum Gasteiger partial charge on any atom is -0.466 e. The third-order valence-corrected chi connectivity index (χ3v) is 5.55. The molecule has 0 bridgehead atoms. The summed E-state index contributed by atoms with van der Waals surface area (Å²) >= 11 is 0. The highest BCUT2D eigenvalue weighted by Gasteiger charge is 2.47. The highest BCUT2D eigenvalue weighted by molar-refractivity contribution is 6.22. The van der Waals surface area contributed by atoms with Crippen LogP contribution < -0.4 is 9.80 Å². The molecule has 0 unspecified atom stereocenters. The summed E-state index contributed by atoms with van der Waals surface area (Å²) in [5, 5.41) is 0. The first-order chi connectivity index (χ1) is 12.4. The van der Waals surface area contributed by atoms with Crippen molar-refractivity contribution in [2.75, 3.05) is 24.6 Å². The minimum absolute atomic E-state index is 0.0828. The average Bonchev–Trinajstić information content (AvgIpc) is 2.90. The maximum absolute atomic E-state index is 13.0. The normalized spacial score (nSPS) is 26.3. The molecule has 3 rings (SSSR count). The van der Waals surface area contributed by atoms with Gasteiger partial charge in [0.2, 0.25) is 5.91 Å². The lowest BCUT2D eigenvalue weighted by atomic mass is 9.95. The third kappa shape index (κ3) is 3.38. The number of quaternary nitrogens is 1. The van der Waals surface area contributed by atoms with Crippen LogP contribution in [0.3, 0.4) is 0 Å². The SMILES string of the molecule is CCOC(=O)C1CC[NH+]([C@@H]2CC(=O)N(c3c(C)cccc3C)C2=O)CC1. The predicted octanol–water partition coefficient (Wildman–Crippen LogP) is 0.793. The van der Waals surface area contributed by atoms with Crippen LogP contribution in [0.1, 0.15) is 37.3 Å². The molecule has 1 aromatic carbocycles. The zero-order valence-corrected chi connectivity index (χ0v) is 15.7. The molecule has 0 aromatic heterocycles. The van der Waals surface area contributed by atoms with Crippen LogP contribution in [0, 0.1) is 19.8 Å². The molecule has 2 saturated heterocycles. The molecule has 2 heterocycles. The van der Waals surface area contributed by atoms with Crippen molar-refractivity contribution in [3.05, 3.63) is 29.3 Å². The quantitative estimate of drug-likeness (QED) is 0.638. The van der Waals surface area contributed by atoms with E-state index in [1.807, 2.05) is 39.0 Å². The van der Waals surface area contributed by atoms with Gasteiger partial charge in [0, 0.05) is 12.8 Å². The summed E-state index contributed by atoms with van der Waals surface area (Å²) in [5.74, 6) is -0.465. The van der Waals surface area contributed by atoms with Crippen molar-refractivity contribution in [3.63, 3.8) is 0 Å². The number of amides is 2. The number of benzene rings is 1.